The largest absolute Gasteiger partial charge is 0.503 e. The molecule has 0 radical (unpaired) electrons. The van der Waals surface area contributed by atoms with Crippen molar-refractivity contribution in [3.8, 4) is 5.75 Å². The van der Waals surface area contributed by atoms with Crippen molar-refractivity contribution in [2.75, 3.05) is 0 Å². The number of aromatic hydroxyl groups is 1. The first-order valence-electron chi connectivity index (χ1n) is 12.8. The molecule has 9 heteroatoms. The second kappa shape index (κ2) is 10.2. The Hall–Kier alpha value is -4.63. The highest BCUT2D eigenvalue weighted by atomic mass is 19.1. The number of benzene rings is 3. The van der Waals surface area contributed by atoms with Crippen LogP contribution in [-0.4, -0.2) is 32.5 Å². The zero-order chi connectivity index (χ0) is 28.0. The molecule has 1 fully saturated rings. The van der Waals surface area contributed by atoms with Crippen molar-refractivity contribution in [2.45, 2.75) is 37.8 Å². The van der Waals surface area contributed by atoms with Gasteiger partial charge >= 0.3 is 0 Å². The highest BCUT2D eigenvalue weighted by Crippen LogP contribution is 2.47. The number of pyridine rings is 1. The Bertz CT molecular complexity index is 1670. The molecule has 1 N–H and O–H groups in total. The number of carbonyl (C=O) groups is 2. The van der Waals surface area contributed by atoms with E-state index in [9.17, 15) is 28.3 Å². The number of carbonyl (C=O) groups excluding carboxylic acids is 2. The second-order valence-corrected chi connectivity index (χ2v) is 9.87. The van der Waals surface area contributed by atoms with Crippen LogP contribution in [0.25, 0.3) is 0 Å². The number of ketones is 1. The van der Waals surface area contributed by atoms with Crippen LogP contribution >= 0.6 is 0 Å². The van der Waals surface area contributed by atoms with Crippen LogP contribution in [0.4, 0.5) is 8.78 Å². The van der Waals surface area contributed by atoms with Crippen molar-refractivity contribution < 1.29 is 28.2 Å². The number of hydrogen-bond acceptors (Lipinski definition) is 5. The number of Topliss-reactive ketones (excluding diaryl/α,β-unsaturated/α-hetero) is 1. The molecule has 2 aliphatic rings. The van der Waals surface area contributed by atoms with E-state index in [1.165, 1.54) is 16.8 Å². The van der Waals surface area contributed by atoms with Crippen LogP contribution in [0.1, 0.15) is 56.1 Å². The number of ether oxygens (including phenoxy) is 1. The highest BCUT2D eigenvalue weighted by Gasteiger charge is 2.50. The number of nitrogens with zero attached hydrogens (tertiary/aromatic N) is 2. The maximum absolute atomic E-state index is 14.0. The Morgan fingerprint density at radius 1 is 0.950 bits per heavy atom. The summed E-state index contributed by atoms with van der Waals surface area (Å²) in [6, 6.07) is 21.4. The molecule has 3 heterocycles. The van der Waals surface area contributed by atoms with Crippen molar-refractivity contribution in [1.82, 2.24) is 9.47 Å². The molecule has 0 aliphatic carbocycles. The Morgan fingerprint density at radius 2 is 1.62 bits per heavy atom. The lowest BCUT2D eigenvalue weighted by atomic mass is 9.94. The minimum atomic E-state index is -0.974. The maximum atomic E-state index is 14.0. The average Bonchev–Trinajstić information content (AvgIpc) is 3.35. The lowest BCUT2D eigenvalue weighted by molar-refractivity contribution is -0.0154. The van der Waals surface area contributed by atoms with Crippen LogP contribution in [0.5, 0.6) is 5.75 Å². The van der Waals surface area contributed by atoms with Crippen LogP contribution in [0.15, 0.2) is 89.9 Å². The second-order valence-electron chi connectivity index (χ2n) is 9.87. The predicted octanol–water partition coefficient (Wildman–Crippen LogP) is 4.94. The van der Waals surface area contributed by atoms with Gasteiger partial charge in [-0.25, -0.2) is 8.78 Å². The number of aromatic nitrogens is 1. The van der Waals surface area contributed by atoms with Crippen LogP contribution in [0, 0.1) is 11.6 Å². The quantitative estimate of drug-likeness (QED) is 0.349. The van der Waals surface area contributed by atoms with Gasteiger partial charge in [0.25, 0.3) is 5.91 Å². The van der Waals surface area contributed by atoms with Gasteiger partial charge in [-0.05, 0) is 29.2 Å². The number of aryl methyl sites for hydroxylation is 1. The molecule has 1 aromatic heterocycles. The van der Waals surface area contributed by atoms with Gasteiger partial charge in [0.2, 0.25) is 5.43 Å². The van der Waals surface area contributed by atoms with E-state index in [2.05, 4.69) is 0 Å². The highest BCUT2D eigenvalue weighted by molar-refractivity contribution is 6.00. The van der Waals surface area contributed by atoms with Crippen molar-refractivity contribution in [2.24, 2.45) is 0 Å². The van der Waals surface area contributed by atoms with Gasteiger partial charge in [0.05, 0.1) is 18.2 Å². The summed E-state index contributed by atoms with van der Waals surface area (Å²) in [6.45, 7) is 0.0778. The molecule has 1 saturated heterocycles. The minimum absolute atomic E-state index is 0.0666. The number of rotatable bonds is 6. The van der Waals surface area contributed by atoms with Gasteiger partial charge in [0.15, 0.2) is 23.5 Å². The van der Waals surface area contributed by atoms with Gasteiger partial charge in [-0.2, -0.15) is 0 Å². The molecule has 6 rings (SSSR count). The van der Waals surface area contributed by atoms with Crippen molar-refractivity contribution in [3.63, 3.8) is 0 Å². The summed E-state index contributed by atoms with van der Waals surface area (Å²) in [5, 5.41) is 10.9. The van der Waals surface area contributed by atoms with Crippen molar-refractivity contribution in [3.05, 3.63) is 135 Å². The zero-order valence-electron chi connectivity index (χ0n) is 21.2. The fraction of sp³-hybridized carbons (Fsp3) is 0.194. The van der Waals surface area contributed by atoms with E-state index < -0.39 is 52.9 Å². The third kappa shape index (κ3) is 4.38. The predicted molar refractivity (Wildman–Crippen MR) is 141 cm³/mol. The zero-order valence-corrected chi connectivity index (χ0v) is 21.2. The summed E-state index contributed by atoms with van der Waals surface area (Å²) in [6.07, 6.45) is -0.292. The molecule has 3 atom stereocenters. The lowest BCUT2D eigenvalue weighted by Gasteiger charge is -2.35. The van der Waals surface area contributed by atoms with Crippen molar-refractivity contribution in [1.29, 1.82) is 0 Å². The number of amides is 1. The standard InChI is InChI=1S/C31H24F2N2O5/c32-21-13-11-18(23(33)15-21)12-14-24(36)22-16-34-17-25-35(31(39)27(34)29(38)28(22)37)26(19-7-3-1-4-8-19)30(40-25)20-9-5-2-6-10-20/h1-11,13,15-16,25-26,30,38H,12,14,17H2/t25-,26+,30-/m0/s1. The molecule has 0 saturated carbocycles. The van der Waals surface area contributed by atoms with E-state index in [0.29, 0.717) is 0 Å². The van der Waals surface area contributed by atoms with Gasteiger partial charge in [0, 0.05) is 18.7 Å². The summed E-state index contributed by atoms with van der Waals surface area (Å²) in [4.78, 5) is 41.5. The van der Waals surface area contributed by atoms with E-state index in [4.69, 9.17) is 4.74 Å². The number of halogens is 2. The van der Waals surface area contributed by atoms with Gasteiger partial charge < -0.3 is 14.4 Å². The van der Waals surface area contributed by atoms with Crippen LogP contribution in [0.3, 0.4) is 0 Å². The van der Waals surface area contributed by atoms with E-state index >= 15 is 0 Å². The summed E-state index contributed by atoms with van der Waals surface area (Å²) in [7, 11) is 0. The minimum Gasteiger partial charge on any atom is -0.503 e. The van der Waals surface area contributed by atoms with E-state index in [1.54, 1.807) is 4.90 Å². The molecular formula is C31H24F2N2O5. The lowest BCUT2D eigenvalue weighted by Crippen LogP contribution is -2.47. The molecule has 0 spiro atoms. The maximum Gasteiger partial charge on any atom is 0.277 e. The molecule has 7 nitrogen and oxygen atoms in total. The summed E-state index contributed by atoms with van der Waals surface area (Å²) in [5.41, 5.74) is 0.315. The molecule has 40 heavy (non-hydrogen) atoms. The van der Waals surface area contributed by atoms with Crippen LogP contribution in [0.2, 0.25) is 0 Å². The van der Waals surface area contributed by atoms with E-state index in [0.717, 1.165) is 23.3 Å². The Labute approximate surface area is 227 Å². The molecule has 0 unspecified atom stereocenters. The van der Waals surface area contributed by atoms with Gasteiger partial charge in [-0.3, -0.25) is 19.3 Å². The van der Waals surface area contributed by atoms with E-state index in [-0.39, 0.29) is 36.2 Å². The van der Waals surface area contributed by atoms with Crippen LogP contribution < -0.4 is 5.43 Å². The smallest absolute Gasteiger partial charge is 0.277 e. The average molecular weight is 543 g/mol. The first-order chi connectivity index (χ1) is 19.3. The molecule has 4 aromatic rings. The summed E-state index contributed by atoms with van der Waals surface area (Å²) < 4.78 is 35.0. The SMILES string of the molecule is O=C(CCc1ccc(F)cc1F)c1cn2c(c(O)c1=O)C(=O)N1[C@H](C2)O[C@@H](c2ccccc2)[C@H]1c1ccccc1. The normalized spacial score (nSPS) is 19.8. The molecule has 2 aliphatic heterocycles. The summed E-state index contributed by atoms with van der Waals surface area (Å²) in [5.74, 6) is -3.57. The Morgan fingerprint density at radius 3 is 2.30 bits per heavy atom. The van der Waals surface area contributed by atoms with Crippen LogP contribution in [-0.2, 0) is 17.7 Å². The first-order valence-corrected chi connectivity index (χ1v) is 12.8. The monoisotopic (exact) mass is 542 g/mol. The number of hydrogen-bond donors (Lipinski definition) is 1. The fourth-order valence-corrected chi connectivity index (χ4v) is 5.53. The fourth-order valence-electron chi connectivity index (χ4n) is 5.53. The molecular weight excluding hydrogens is 518 g/mol. The third-order valence-corrected chi connectivity index (χ3v) is 7.45. The molecule has 202 valence electrons. The molecule has 3 aromatic carbocycles. The van der Waals surface area contributed by atoms with Gasteiger partial charge in [0.1, 0.15) is 17.7 Å². The Kier molecular flexibility index (Phi) is 6.51. The van der Waals surface area contributed by atoms with Gasteiger partial charge in [-0.1, -0.05) is 66.7 Å². The van der Waals surface area contributed by atoms with Crippen molar-refractivity contribution >= 4 is 11.7 Å². The summed E-state index contributed by atoms with van der Waals surface area (Å²) >= 11 is 0. The third-order valence-electron chi connectivity index (χ3n) is 7.45. The molecule has 1 amide bonds. The Balaban J connectivity index is 1.34. The first kappa shape index (κ1) is 25.6. The topological polar surface area (TPSA) is 88.8 Å². The van der Waals surface area contributed by atoms with Gasteiger partial charge in [-0.15, -0.1) is 0 Å². The van der Waals surface area contributed by atoms with E-state index in [1.807, 2.05) is 60.7 Å². The molecule has 0 bridgehead atoms. The number of fused-ring (bicyclic) bond motifs is 2.